The number of rotatable bonds is 5. The van der Waals surface area contributed by atoms with Crippen LogP contribution in [0.3, 0.4) is 0 Å². The maximum absolute atomic E-state index is 5.83. The molecule has 0 bridgehead atoms. The maximum Gasteiger partial charge on any atom is 0.315 e. The first-order valence-corrected chi connectivity index (χ1v) is 6.73. The fourth-order valence-electron chi connectivity index (χ4n) is 1.34. The molecular formula is C11H14ClN3OS. The second-order valence-electron chi connectivity index (χ2n) is 3.64. The number of aromatic nitrogens is 2. The van der Waals surface area contributed by atoms with Gasteiger partial charge in [0, 0.05) is 9.75 Å². The summed E-state index contributed by atoms with van der Waals surface area (Å²) < 4.78 is 5.34. The molecule has 2 rings (SSSR count). The van der Waals surface area contributed by atoms with Gasteiger partial charge in [-0.15, -0.1) is 28.0 Å². The second kappa shape index (κ2) is 5.51. The van der Waals surface area contributed by atoms with E-state index in [0.29, 0.717) is 18.5 Å². The van der Waals surface area contributed by atoms with E-state index in [9.17, 15) is 0 Å². The molecule has 17 heavy (non-hydrogen) atoms. The smallest absolute Gasteiger partial charge is 0.315 e. The molecule has 1 N–H and O–H groups in total. The van der Waals surface area contributed by atoms with Gasteiger partial charge in [0.25, 0.3) is 0 Å². The van der Waals surface area contributed by atoms with Crippen LogP contribution < -0.4 is 5.32 Å². The first-order valence-electron chi connectivity index (χ1n) is 5.48. The van der Waals surface area contributed by atoms with Crippen LogP contribution in [0.5, 0.6) is 0 Å². The van der Waals surface area contributed by atoms with Crippen molar-refractivity contribution in [3.63, 3.8) is 0 Å². The summed E-state index contributed by atoms with van der Waals surface area (Å²) >= 11 is 7.62. The Morgan fingerprint density at radius 1 is 1.41 bits per heavy atom. The summed E-state index contributed by atoms with van der Waals surface area (Å²) in [7, 11) is 0. The molecule has 4 nitrogen and oxygen atoms in total. The summed E-state index contributed by atoms with van der Waals surface area (Å²) in [5.41, 5.74) is 0. The van der Waals surface area contributed by atoms with E-state index in [1.165, 1.54) is 9.75 Å². The third-order valence-corrected chi connectivity index (χ3v) is 3.68. The van der Waals surface area contributed by atoms with E-state index < -0.39 is 0 Å². The summed E-state index contributed by atoms with van der Waals surface area (Å²) in [5.74, 6) is 0.439. The van der Waals surface area contributed by atoms with Crippen molar-refractivity contribution in [2.24, 2.45) is 0 Å². The topological polar surface area (TPSA) is 51.0 Å². The molecule has 0 amide bonds. The molecule has 0 radical (unpaired) electrons. The van der Waals surface area contributed by atoms with Gasteiger partial charge < -0.3 is 9.73 Å². The number of hydrogen-bond acceptors (Lipinski definition) is 5. The van der Waals surface area contributed by atoms with E-state index in [4.69, 9.17) is 16.0 Å². The number of nitrogens with zero attached hydrogens (tertiary/aromatic N) is 2. The van der Waals surface area contributed by atoms with Crippen LogP contribution in [0.25, 0.3) is 0 Å². The number of thiophene rings is 1. The average Bonchev–Trinajstić information content (AvgIpc) is 2.95. The highest BCUT2D eigenvalue weighted by atomic mass is 35.5. The molecule has 0 aromatic carbocycles. The number of anilines is 1. The first-order chi connectivity index (χ1) is 8.19. The van der Waals surface area contributed by atoms with Gasteiger partial charge in [0.15, 0.2) is 0 Å². The molecule has 92 valence electrons. The Bertz CT molecular complexity index is 481. The summed E-state index contributed by atoms with van der Waals surface area (Å²) in [6, 6.07) is 4.67. The fourth-order valence-corrected chi connectivity index (χ4v) is 2.32. The molecule has 2 aromatic heterocycles. The van der Waals surface area contributed by atoms with E-state index in [-0.39, 0.29) is 5.38 Å². The molecule has 2 heterocycles. The normalized spacial score (nSPS) is 12.6. The van der Waals surface area contributed by atoms with E-state index in [0.717, 1.165) is 6.42 Å². The Labute approximate surface area is 109 Å². The highest BCUT2D eigenvalue weighted by molar-refractivity contribution is 7.12. The maximum atomic E-state index is 5.83. The van der Waals surface area contributed by atoms with Crippen LogP contribution in [0.4, 0.5) is 6.01 Å². The number of nitrogens with one attached hydrogen (secondary N) is 1. The molecule has 0 fully saturated rings. The van der Waals surface area contributed by atoms with Gasteiger partial charge in [0.05, 0.1) is 6.54 Å². The van der Waals surface area contributed by atoms with Gasteiger partial charge in [-0.2, -0.15) is 0 Å². The van der Waals surface area contributed by atoms with Gasteiger partial charge in [-0.05, 0) is 25.5 Å². The molecule has 0 spiro atoms. The molecule has 0 aliphatic carbocycles. The van der Waals surface area contributed by atoms with Crippen molar-refractivity contribution >= 4 is 29.0 Å². The second-order valence-corrected chi connectivity index (χ2v) is 5.54. The molecule has 6 heteroatoms. The predicted octanol–water partition coefficient (Wildman–Crippen LogP) is 3.61. The first kappa shape index (κ1) is 12.4. The third-order valence-electron chi connectivity index (χ3n) is 2.26. The van der Waals surface area contributed by atoms with Crippen LogP contribution in [-0.4, -0.2) is 10.2 Å². The minimum Gasteiger partial charge on any atom is -0.406 e. The van der Waals surface area contributed by atoms with Crippen molar-refractivity contribution in [3.05, 3.63) is 27.8 Å². The Hall–Kier alpha value is -1.07. The lowest BCUT2D eigenvalue weighted by molar-refractivity contribution is 0.506. The number of halogens is 1. The van der Waals surface area contributed by atoms with Crippen LogP contribution in [0.1, 0.15) is 34.9 Å². The summed E-state index contributed by atoms with van der Waals surface area (Å²) in [6.07, 6.45) is 1.07. The minimum atomic E-state index is -0.258. The van der Waals surface area contributed by atoms with Gasteiger partial charge in [0.1, 0.15) is 5.38 Å². The van der Waals surface area contributed by atoms with E-state index in [2.05, 4.69) is 34.6 Å². The van der Waals surface area contributed by atoms with Crippen molar-refractivity contribution < 1.29 is 4.42 Å². The predicted molar refractivity (Wildman–Crippen MR) is 69.6 cm³/mol. The lowest BCUT2D eigenvalue weighted by Crippen LogP contribution is -1.97. The zero-order valence-electron chi connectivity index (χ0n) is 9.74. The number of alkyl halides is 1. The van der Waals surface area contributed by atoms with Crippen molar-refractivity contribution in [2.75, 3.05) is 5.32 Å². The Balaban J connectivity index is 1.92. The van der Waals surface area contributed by atoms with Gasteiger partial charge in [0.2, 0.25) is 5.89 Å². The fraction of sp³-hybridized carbons (Fsp3) is 0.455. The van der Waals surface area contributed by atoms with E-state index in [1.54, 1.807) is 18.3 Å². The minimum absolute atomic E-state index is 0.258. The summed E-state index contributed by atoms with van der Waals surface area (Å²) in [5, 5.41) is 10.5. The molecule has 0 aliphatic heterocycles. The lowest BCUT2D eigenvalue weighted by atomic mass is 10.4. The largest absolute Gasteiger partial charge is 0.406 e. The third kappa shape index (κ3) is 3.20. The molecule has 1 atom stereocenters. The highest BCUT2D eigenvalue weighted by Crippen LogP contribution is 2.21. The number of aryl methyl sites for hydroxylation is 1. The lowest BCUT2D eigenvalue weighted by Gasteiger charge is -1.97. The van der Waals surface area contributed by atoms with Gasteiger partial charge in [-0.3, -0.25) is 0 Å². The molecule has 2 aromatic rings. The Kier molecular flexibility index (Phi) is 4.02. The molecular weight excluding hydrogens is 258 g/mol. The summed E-state index contributed by atoms with van der Waals surface area (Å²) in [4.78, 5) is 2.63. The Morgan fingerprint density at radius 2 is 2.18 bits per heavy atom. The van der Waals surface area contributed by atoms with Crippen molar-refractivity contribution in [1.29, 1.82) is 0 Å². The van der Waals surface area contributed by atoms with E-state index >= 15 is 0 Å². The standard InChI is InChI=1S/C11H14ClN3OS/c1-3-8-4-5-9(17-8)6-13-11-15-14-10(16-11)7(2)12/h4-5,7H,3,6H2,1-2H3,(H,13,15). The van der Waals surface area contributed by atoms with Gasteiger partial charge in [-0.1, -0.05) is 12.0 Å². The van der Waals surface area contributed by atoms with Gasteiger partial charge in [-0.25, -0.2) is 0 Å². The molecule has 0 saturated carbocycles. The van der Waals surface area contributed by atoms with Crippen LogP contribution in [0.15, 0.2) is 16.5 Å². The quantitative estimate of drug-likeness (QED) is 0.844. The van der Waals surface area contributed by atoms with Crippen LogP contribution in [0, 0.1) is 0 Å². The SMILES string of the molecule is CCc1ccc(CNc2nnc(C(C)Cl)o2)s1. The summed E-state index contributed by atoms with van der Waals surface area (Å²) in [6.45, 7) is 4.64. The highest BCUT2D eigenvalue weighted by Gasteiger charge is 2.10. The van der Waals surface area contributed by atoms with E-state index in [1.807, 2.05) is 0 Å². The molecule has 0 saturated heterocycles. The monoisotopic (exact) mass is 271 g/mol. The van der Waals surface area contributed by atoms with Gasteiger partial charge >= 0.3 is 6.01 Å². The Morgan fingerprint density at radius 3 is 2.76 bits per heavy atom. The molecule has 1 unspecified atom stereocenters. The zero-order valence-corrected chi connectivity index (χ0v) is 11.3. The van der Waals surface area contributed by atoms with Crippen LogP contribution >= 0.6 is 22.9 Å². The zero-order chi connectivity index (χ0) is 12.3. The number of hydrogen-bond donors (Lipinski definition) is 1. The van der Waals surface area contributed by atoms with Crippen molar-refractivity contribution in [3.8, 4) is 0 Å². The molecule has 0 aliphatic rings. The average molecular weight is 272 g/mol. The van der Waals surface area contributed by atoms with Crippen LogP contribution in [0.2, 0.25) is 0 Å². The van der Waals surface area contributed by atoms with Crippen molar-refractivity contribution in [2.45, 2.75) is 32.2 Å². The van der Waals surface area contributed by atoms with Crippen molar-refractivity contribution in [1.82, 2.24) is 10.2 Å². The van der Waals surface area contributed by atoms with Crippen LogP contribution in [-0.2, 0) is 13.0 Å².